The molecule has 0 saturated carbocycles. The van der Waals surface area contributed by atoms with Gasteiger partial charge in [0.2, 0.25) is 0 Å². The van der Waals surface area contributed by atoms with Crippen LogP contribution < -0.4 is 0 Å². The molecule has 0 fully saturated rings. The van der Waals surface area contributed by atoms with E-state index in [9.17, 15) is 43.2 Å². The van der Waals surface area contributed by atoms with Crippen molar-refractivity contribution in [3.63, 3.8) is 0 Å². The topological polar surface area (TPSA) is 237 Å². The van der Waals surface area contributed by atoms with Crippen LogP contribution in [0.2, 0.25) is 0 Å². The molecule has 0 aliphatic carbocycles. The Balaban J connectivity index is 5.17. The van der Waals surface area contributed by atoms with Gasteiger partial charge in [-0.3, -0.25) is 37.3 Å². The number of carbonyl (C=O) groups is 4. The van der Waals surface area contributed by atoms with Crippen molar-refractivity contribution in [3.8, 4) is 0 Å². The number of unbranched alkanes of at least 4 members (excludes halogenated alkanes) is 46. The number of aliphatic hydroxyl groups excluding tert-OH is 1. The molecule has 570 valence electrons. The van der Waals surface area contributed by atoms with Crippen molar-refractivity contribution in [2.45, 2.75) is 419 Å². The number of phosphoric ester groups is 2. The van der Waals surface area contributed by atoms with Crippen LogP contribution >= 0.6 is 15.6 Å². The van der Waals surface area contributed by atoms with Crippen LogP contribution in [0.1, 0.15) is 401 Å². The van der Waals surface area contributed by atoms with Crippen molar-refractivity contribution < 1.29 is 80.2 Å². The normalized spacial score (nSPS) is 14.0. The highest BCUT2D eigenvalue weighted by Crippen LogP contribution is 2.45. The Morgan fingerprint density at radius 3 is 0.708 bits per heavy atom. The Kier molecular flexibility index (Phi) is 67.4. The predicted molar refractivity (Wildman–Crippen MR) is 391 cm³/mol. The second kappa shape index (κ2) is 68.8. The minimum Gasteiger partial charge on any atom is -0.462 e. The fraction of sp³-hybridized carbons (Fsp3) is 0.948. The van der Waals surface area contributed by atoms with E-state index < -0.39 is 97.5 Å². The third-order valence-electron chi connectivity index (χ3n) is 18.0. The van der Waals surface area contributed by atoms with Gasteiger partial charge in [0, 0.05) is 25.7 Å². The van der Waals surface area contributed by atoms with Gasteiger partial charge in [-0.1, -0.05) is 350 Å². The standard InChI is InChI=1S/C77H150O17P2/c1-7-9-11-13-15-17-18-19-20-21-22-23-27-30-33-37-41-48-54-60-75(80)88-65-72(93-76(81)61-55-49-42-38-34-31-28-25-24-26-29-32-36-39-45-51-57-69(3)4)67-91-95(83,84)89-63-71(78)64-90-96(85,86)92-68-73(94-77(82)62-56-50-44-43-46-52-58-70(5)6)66-87-74(79)59-53-47-40-35-16-14-12-10-8-2/h69-73,78H,7-68H2,1-6H3,(H,83,84)(H,85,86)/t71-,72-,73-/m1/s1. The number of carbonyl (C=O) groups excluding carboxylic acids is 4. The van der Waals surface area contributed by atoms with Crippen LogP contribution in [0.5, 0.6) is 0 Å². The fourth-order valence-electron chi connectivity index (χ4n) is 11.8. The minimum absolute atomic E-state index is 0.102. The highest BCUT2D eigenvalue weighted by Gasteiger charge is 2.30. The van der Waals surface area contributed by atoms with Crippen LogP contribution in [-0.2, 0) is 65.4 Å². The van der Waals surface area contributed by atoms with Crippen LogP contribution in [0.4, 0.5) is 0 Å². The molecule has 0 aliphatic heterocycles. The third-order valence-corrected chi connectivity index (χ3v) is 19.9. The van der Waals surface area contributed by atoms with Crippen LogP contribution in [0.3, 0.4) is 0 Å². The molecule has 0 radical (unpaired) electrons. The summed E-state index contributed by atoms with van der Waals surface area (Å²) in [6.07, 6.45) is 57.2. The van der Waals surface area contributed by atoms with E-state index in [0.717, 1.165) is 95.8 Å². The average Bonchev–Trinajstić information content (AvgIpc) is 1.53. The largest absolute Gasteiger partial charge is 0.472 e. The van der Waals surface area contributed by atoms with Gasteiger partial charge in [-0.05, 0) is 37.5 Å². The molecule has 0 spiro atoms. The molecule has 0 aromatic carbocycles. The van der Waals surface area contributed by atoms with Crippen molar-refractivity contribution in [1.29, 1.82) is 0 Å². The van der Waals surface area contributed by atoms with Gasteiger partial charge in [0.25, 0.3) is 0 Å². The van der Waals surface area contributed by atoms with Crippen molar-refractivity contribution in [1.82, 2.24) is 0 Å². The molecule has 0 heterocycles. The zero-order valence-corrected chi connectivity index (χ0v) is 64.5. The summed E-state index contributed by atoms with van der Waals surface area (Å²) < 4.78 is 68.4. The number of phosphoric acid groups is 2. The Morgan fingerprint density at radius 1 is 0.281 bits per heavy atom. The first kappa shape index (κ1) is 94.1. The van der Waals surface area contributed by atoms with E-state index in [-0.39, 0.29) is 25.7 Å². The van der Waals surface area contributed by atoms with E-state index in [2.05, 4.69) is 41.5 Å². The summed E-state index contributed by atoms with van der Waals surface area (Å²) in [4.78, 5) is 72.7. The molecule has 0 aliphatic rings. The van der Waals surface area contributed by atoms with Gasteiger partial charge in [0.15, 0.2) is 12.2 Å². The zero-order valence-electron chi connectivity index (χ0n) is 62.7. The summed E-state index contributed by atoms with van der Waals surface area (Å²) in [5.74, 6) is -0.642. The molecule has 2 unspecified atom stereocenters. The number of aliphatic hydroxyl groups is 1. The lowest BCUT2D eigenvalue weighted by Crippen LogP contribution is -2.30. The molecule has 0 aromatic heterocycles. The van der Waals surface area contributed by atoms with E-state index in [1.54, 1.807) is 0 Å². The molecule has 0 amide bonds. The Hall–Kier alpha value is -1.94. The first-order valence-electron chi connectivity index (χ1n) is 40.0. The monoisotopic (exact) mass is 1410 g/mol. The Bertz CT molecular complexity index is 1860. The molecule has 3 N–H and O–H groups in total. The minimum atomic E-state index is -4.96. The van der Waals surface area contributed by atoms with Gasteiger partial charge in [0.05, 0.1) is 26.4 Å². The molecule has 5 atom stereocenters. The molecule has 0 bridgehead atoms. The second-order valence-corrected chi connectivity index (χ2v) is 31.6. The van der Waals surface area contributed by atoms with Crippen LogP contribution in [-0.4, -0.2) is 96.7 Å². The quantitative estimate of drug-likeness (QED) is 0.0222. The van der Waals surface area contributed by atoms with Gasteiger partial charge in [-0.15, -0.1) is 0 Å². The number of rotatable bonds is 76. The van der Waals surface area contributed by atoms with Gasteiger partial charge in [-0.2, -0.15) is 0 Å². The molecule has 0 aromatic rings. The average molecular weight is 1410 g/mol. The molecule has 0 saturated heterocycles. The first-order valence-corrected chi connectivity index (χ1v) is 43.0. The number of ether oxygens (including phenoxy) is 4. The summed E-state index contributed by atoms with van der Waals surface area (Å²) in [6, 6.07) is 0. The summed E-state index contributed by atoms with van der Waals surface area (Å²) in [6.45, 7) is 9.52. The molecular weight excluding hydrogens is 1260 g/mol. The summed E-state index contributed by atoms with van der Waals surface area (Å²) in [5.41, 5.74) is 0. The van der Waals surface area contributed by atoms with Crippen LogP contribution in [0.25, 0.3) is 0 Å². The van der Waals surface area contributed by atoms with E-state index in [4.69, 9.17) is 37.0 Å². The second-order valence-electron chi connectivity index (χ2n) is 28.7. The van der Waals surface area contributed by atoms with Crippen molar-refractivity contribution in [2.24, 2.45) is 11.8 Å². The maximum Gasteiger partial charge on any atom is 0.472 e. The van der Waals surface area contributed by atoms with E-state index in [0.29, 0.717) is 31.6 Å². The van der Waals surface area contributed by atoms with Gasteiger partial charge in [-0.25, -0.2) is 9.13 Å². The van der Waals surface area contributed by atoms with Gasteiger partial charge in [0.1, 0.15) is 19.3 Å². The summed E-state index contributed by atoms with van der Waals surface area (Å²) in [5, 5.41) is 10.6. The number of hydrogen-bond acceptors (Lipinski definition) is 15. The Labute approximate surface area is 588 Å². The molecule has 0 rings (SSSR count). The lowest BCUT2D eigenvalue weighted by atomic mass is 10.0. The van der Waals surface area contributed by atoms with Crippen molar-refractivity contribution >= 4 is 39.5 Å². The number of esters is 4. The highest BCUT2D eigenvalue weighted by molar-refractivity contribution is 7.47. The SMILES string of the molecule is CCCCCCCCCCCCCCCCCCCCCC(=O)OC[C@H](COP(=O)(O)OC[C@@H](O)COP(=O)(O)OC[C@@H](COC(=O)CCCCCCCCCCC)OC(=O)CCCCCCCCC(C)C)OC(=O)CCCCCCCCCCCCCCCCCCC(C)C. The molecular formula is C77H150O17P2. The number of hydrogen-bond donors (Lipinski definition) is 3. The van der Waals surface area contributed by atoms with Crippen molar-refractivity contribution in [2.75, 3.05) is 39.6 Å². The summed E-state index contributed by atoms with van der Waals surface area (Å²) >= 11 is 0. The zero-order chi connectivity index (χ0) is 70.7. The van der Waals surface area contributed by atoms with Crippen LogP contribution in [0, 0.1) is 11.8 Å². The molecule has 19 heteroatoms. The smallest absolute Gasteiger partial charge is 0.462 e. The van der Waals surface area contributed by atoms with E-state index >= 15 is 0 Å². The van der Waals surface area contributed by atoms with E-state index in [1.165, 1.54) is 218 Å². The van der Waals surface area contributed by atoms with E-state index in [1.807, 2.05) is 0 Å². The predicted octanol–water partition coefficient (Wildman–Crippen LogP) is 22.7. The lowest BCUT2D eigenvalue weighted by molar-refractivity contribution is -0.161. The molecule has 96 heavy (non-hydrogen) atoms. The fourth-order valence-corrected chi connectivity index (χ4v) is 13.4. The highest BCUT2D eigenvalue weighted by atomic mass is 31.2. The Morgan fingerprint density at radius 2 is 0.479 bits per heavy atom. The molecule has 17 nitrogen and oxygen atoms in total. The summed E-state index contributed by atoms with van der Waals surface area (Å²) in [7, 11) is -9.91. The first-order chi connectivity index (χ1) is 46.4. The van der Waals surface area contributed by atoms with Crippen molar-refractivity contribution in [3.05, 3.63) is 0 Å². The van der Waals surface area contributed by atoms with Crippen LogP contribution in [0.15, 0.2) is 0 Å². The van der Waals surface area contributed by atoms with Gasteiger partial charge < -0.3 is 33.8 Å². The maximum atomic E-state index is 13.1. The third kappa shape index (κ3) is 70.5. The van der Waals surface area contributed by atoms with Gasteiger partial charge >= 0.3 is 39.5 Å². The lowest BCUT2D eigenvalue weighted by Gasteiger charge is -2.21. The maximum absolute atomic E-state index is 13.1.